The molecule has 2 aliphatic rings. The highest BCUT2D eigenvalue weighted by molar-refractivity contribution is 5.27. The highest BCUT2D eigenvalue weighted by atomic mass is 16.5. The second-order valence-corrected chi connectivity index (χ2v) is 6.85. The smallest absolute Gasteiger partial charge is 0.118 e. The Morgan fingerprint density at radius 1 is 1.13 bits per heavy atom. The van der Waals surface area contributed by atoms with Crippen molar-refractivity contribution in [3.8, 4) is 5.75 Å². The van der Waals surface area contributed by atoms with Crippen LogP contribution < -0.4 is 4.74 Å². The molecule has 0 bridgehead atoms. The predicted molar refractivity (Wildman–Crippen MR) is 93.1 cm³/mol. The zero-order valence-corrected chi connectivity index (χ0v) is 14.5. The molecule has 1 aromatic carbocycles. The molecule has 0 aromatic heterocycles. The van der Waals surface area contributed by atoms with Crippen molar-refractivity contribution in [3.63, 3.8) is 0 Å². The molecule has 0 radical (unpaired) electrons. The van der Waals surface area contributed by atoms with Gasteiger partial charge in [0.1, 0.15) is 5.75 Å². The van der Waals surface area contributed by atoms with Crippen molar-refractivity contribution in [2.24, 2.45) is 0 Å². The summed E-state index contributed by atoms with van der Waals surface area (Å²) in [4.78, 5) is 5.26. The van der Waals surface area contributed by atoms with Gasteiger partial charge in [-0.1, -0.05) is 12.1 Å². The number of likely N-dealkylation sites (tertiary alicyclic amines) is 1. The zero-order valence-electron chi connectivity index (χ0n) is 14.5. The third-order valence-corrected chi connectivity index (χ3v) is 5.22. The first-order valence-electron chi connectivity index (χ1n) is 8.95. The van der Waals surface area contributed by atoms with Gasteiger partial charge < -0.3 is 14.4 Å². The Morgan fingerprint density at radius 2 is 1.87 bits per heavy atom. The summed E-state index contributed by atoms with van der Waals surface area (Å²) in [6, 6.07) is 9.24. The van der Waals surface area contributed by atoms with Crippen molar-refractivity contribution in [2.75, 3.05) is 46.4 Å². The predicted octanol–water partition coefficient (Wildman–Crippen LogP) is 2.42. The molecule has 0 amide bonds. The maximum atomic E-state index is 5.66. The number of hydrogen-bond donors (Lipinski definition) is 0. The Hall–Kier alpha value is -1.10. The molecule has 0 spiro atoms. The number of methoxy groups -OCH3 is 1. The van der Waals surface area contributed by atoms with Crippen LogP contribution >= 0.6 is 0 Å². The number of rotatable bonds is 5. The van der Waals surface area contributed by atoms with E-state index < -0.39 is 0 Å². The minimum Gasteiger partial charge on any atom is -0.497 e. The van der Waals surface area contributed by atoms with Gasteiger partial charge in [0.15, 0.2) is 0 Å². The Bertz CT molecular complexity index is 469. The van der Waals surface area contributed by atoms with E-state index >= 15 is 0 Å². The third kappa shape index (κ3) is 4.69. The van der Waals surface area contributed by atoms with Crippen molar-refractivity contribution in [1.82, 2.24) is 9.80 Å². The lowest BCUT2D eigenvalue weighted by Crippen LogP contribution is -2.51. The Kier molecular flexibility index (Phi) is 5.92. The molecule has 4 heteroatoms. The molecule has 23 heavy (non-hydrogen) atoms. The average Bonchev–Trinajstić information content (AvgIpc) is 2.61. The van der Waals surface area contributed by atoms with Crippen LogP contribution in [-0.2, 0) is 11.2 Å². The van der Waals surface area contributed by atoms with Crippen LogP contribution in [0.2, 0.25) is 0 Å². The fraction of sp³-hybridized carbons (Fsp3) is 0.684. The normalized spacial score (nSPS) is 24.7. The van der Waals surface area contributed by atoms with Gasteiger partial charge in [-0.05, 0) is 57.0 Å². The Labute approximate surface area is 140 Å². The van der Waals surface area contributed by atoms with Crippen LogP contribution in [0.1, 0.15) is 25.3 Å². The third-order valence-electron chi connectivity index (χ3n) is 5.22. The molecule has 2 saturated heterocycles. The summed E-state index contributed by atoms with van der Waals surface area (Å²) < 4.78 is 10.9. The van der Waals surface area contributed by atoms with Crippen LogP contribution in [0.15, 0.2) is 24.3 Å². The zero-order chi connectivity index (χ0) is 16.1. The molecule has 1 aromatic rings. The van der Waals surface area contributed by atoms with Crippen molar-refractivity contribution < 1.29 is 9.47 Å². The lowest BCUT2D eigenvalue weighted by molar-refractivity contribution is -0.0433. The maximum absolute atomic E-state index is 5.66. The first kappa shape index (κ1) is 16.7. The number of morpholine rings is 1. The maximum Gasteiger partial charge on any atom is 0.118 e. The molecule has 3 rings (SSSR count). The van der Waals surface area contributed by atoms with E-state index in [0.29, 0.717) is 6.10 Å². The molecule has 2 heterocycles. The van der Waals surface area contributed by atoms with Crippen molar-refractivity contribution in [2.45, 2.75) is 38.3 Å². The lowest BCUT2D eigenvalue weighted by Gasteiger charge is -2.41. The standard InChI is InChI=1S/C19H30N2O2/c1-16-15-21(13-14-23-16)18-8-11-20(12-9-18)10-7-17-3-5-19(22-2)6-4-17/h3-6,16,18H,7-15H2,1-2H3/t16-/m0/s1. The first-order valence-corrected chi connectivity index (χ1v) is 8.95. The molecule has 2 aliphatic heterocycles. The molecule has 1 atom stereocenters. The highest BCUT2D eigenvalue weighted by Crippen LogP contribution is 2.20. The second kappa shape index (κ2) is 8.13. The van der Waals surface area contributed by atoms with Gasteiger partial charge in [-0.3, -0.25) is 4.90 Å². The number of benzene rings is 1. The van der Waals surface area contributed by atoms with Gasteiger partial charge in [0, 0.05) is 25.7 Å². The van der Waals surface area contributed by atoms with Crippen molar-refractivity contribution in [3.05, 3.63) is 29.8 Å². The Morgan fingerprint density at radius 3 is 2.52 bits per heavy atom. The van der Waals surface area contributed by atoms with Gasteiger partial charge in [0.25, 0.3) is 0 Å². The van der Waals surface area contributed by atoms with E-state index in [1.54, 1.807) is 7.11 Å². The SMILES string of the molecule is COc1ccc(CCN2CCC(N3CCO[C@@H](C)C3)CC2)cc1. The van der Waals surface area contributed by atoms with Gasteiger partial charge >= 0.3 is 0 Å². The topological polar surface area (TPSA) is 24.9 Å². The molecule has 0 unspecified atom stereocenters. The highest BCUT2D eigenvalue weighted by Gasteiger charge is 2.27. The molecule has 4 nitrogen and oxygen atoms in total. The van der Waals surface area contributed by atoms with E-state index in [1.165, 1.54) is 38.0 Å². The number of ether oxygens (including phenoxy) is 2. The van der Waals surface area contributed by atoms with E-state index in [0.717, 1.165) is 37.9 Å². The van der Waals surface area contributed by atoms with Crippen molar-refractivity contribution >= 4 is 0 Å². The molecular formula is C19H30N2O2. The minimum absolute atomic E-state index is 0.400. The van der Waals surface area contributed by atoms with Gasteiger partial charge in [-0.25, -0.2) is 0 Å². The van der Waals surface area contributed by atoms with Gasteiger partial charge in [0.2, 0.25) is 0 Å². The van der Waals surface area contributed by atoms with E-state index in [4.69, 9.17) is 9.47 Å². The lowest BCUT2D eigenvalue weighted by atomic mass is 10.0. The quantitative estimate of drug-likeness (QED) is 0.832. The summed E-state index contributed by atoms with van der Waals surface area (Å²) in [5.74, 6) is 0.939. The number of piperidine rings is 1. The first-order chi connectivity index (χ1) is 11.2. The second-order valence-electron chi connectivity index (χ2n) is 6.85. The fourth-order valence-electron chi connectivity index (χ4n) is 3.76. The summed E-state index contributed by atoms with van der Waals surface area (Å²) in [6.07, 6.45) is 4.13. The summed E-state index contributed by atoms with van der Waals surface area (Å²) in [7, 11) is 1.72. The van der Waals surface area contributed by atoms with Gasteiger partial charge in [-0.2, -0.15) is 0 Å². The summed E-state index contributed by atoms with van der Waals surface area (Å²) >= 11 is 0. The van der Waals surface area contributed by atoms with E-state index in [-0.39, 0.29) is 0 Å². The average molecular weight is 318 g/mol. The molecular weight excluding hydrogens is 288 g/mol. The van der Waals surface area contributed by atoms with Crippen LogP contribution in [0.3, 0.4) is 0 Å². The molecule has 128 valence electrons. The van der Waals surface area contributed by atoms with Crippen molar-refractivity contribution in [1.29, 1.82) is 0 Å². The Balaban J connectivity index is 1.40. The van der Waals surface area contributed by atoms with Crippen LogP contribution in [0.5, 0.6) is 5.75 Å². The van der Waals surface area contributed by atoms with Gasteiger partial charge in [0.05, 0.1) is 19.8 Å². The van der Waals surface area contributed by atoms with Gasteiger partial charge in [-0.15, -0.1) is 0 Å². The fourth-order valence-corrected chi connectivity index (χ4v) is 3.76. The van der Waals surface area contributed by atoms with E-state index in [2.05, 4.69) is 41.0 Å². The monoisotopic (exact) mass is 318 g/mol. The van der Waals surface area contributed by atoms with E-state index in [1.807, 2.05) is 0 Å². The minimum atomic E-state index is 0.400. The molecule has 0 N–H and O–H groups in total. The van der Waals surface area contributed by atoms with Crippen LogP contribution in [0.4, 0.5) is 0 Å². The van der Waals surface area contributed by atoms with Crippen LogP contribution in [0, 0.1) is 0 Å². The largest absolute Gasteiger partial charge is 0.497 e. The van der Waals surface area contributed by atoms with E-state index in [9.17, 15) is 0 Å². The number of hydrogen-bond acceptors (Lipinski definition) is 4. The molecule has 0 saturated carbocycles. The number of nitrogens with zero attached hydrogens (tertiary/aromatic N) is 2. The summed E-state index contributed by atoms with van der Waals surface area (Å²) in [5.41, 5.74) is 1.40. The van der Waals surface area contributed by atoms with Crippen LogP contribution in [0.25, 0.3) is 0 Å². The van der Waals surface area contributed by atoms with Crippen LogP contribution in [-0.4, -0.2) is 68.4 Å². The summed E-state index contributed by atoms with van der Waals surface area (Å²) in [6.45, 7) is 8.93. The summed E-state index contributed by atoms with van der Waals surface area (Å²) in [5, 5.41) is 0. The molecule has 0 aliphatic carbocycles. The molecule has 2 fully saturated rings.